The van der Waals surface area contributed by atoms with E-state index in [1.165, 1.54) is 6.42 Å². The van der Waals surface area contributed by atoms with Crippen LogP contribution in [0.15, 0.2) is 53.2 Å². The molecule has 1 spiro atoms. The number of furan rings is 1. The molecule has 1 amide bonds. The average molecular weight is 466 g/mol. The van der Waals surface area contributed by atoms with E-state index in [0.717, 1.165) is 65.9 Å². The second-order valence-corrected chi connectivity index (χ2v) is 9.27. The lowest BCUT2D eigenvalue weighted by Gasteiger charge is -2.44. The van der Waals surface area contributed by atoms with Crippen molar-refractivity contribution in [1.29, 1.82) is 0 Å². The highest BCUT2D eigenvalue weighted by atomic mass is 35.5. The Bertz CT molecular complexity index is 1210. The molecule has 2 heterocycles. The number of anilines is 1. The van der Waals surface area contributed by atoms with Crippen molar-refractivity contribution >= 4 is 34.2 Å². The normalized spacial score (nSPS) is 16.7. The van der Waals surface area contributed by atoms with Crippen LogP contribution in [-0.4, -0.2) is 19.6 Å². The fourth-order valence-corrected chi connectivity index (χ4v) is 5.36. The highest BCUT2D eigenvalue weighted by Gasteiger charge is 2.42. The molecule has 2 aromatic carbocycles. The molecule has 1 aromatic heterocycles. The highest BCUT2D eigenvalue weighted by Crippen LogP contribution is 2.49. The van der Waals surface area contributed by atoms with Gasteiger partial charge in [-0.3, -0.25) is 4.79 Å². The number of rotatable bonds is 5. The lowest BCUT2D eigenvalue weighted by molar-refractivity contribution is 0.0928. The smallest absolute Gasteiger partial charge is 0.287 e. The standard InChI is InChI=1S/C26H28ClN3O3/c1-16-29-23-20(27)14-18-15-21(25(31)28-13-10-17-6-8-19(32-2)9-7-17)33-24(18)22(23)26(30-16)11-4-3-5-12-26/h6-9,14-15,29-30H,1,3-5,10-13H2,2H3,(H,28,31). The van der Waals surface area contributed by atoms with Gasteiger partial charge in [0.15, 0.2) is 5.76 Å². The summed E-state index contributed by atoms with van der Waals surface area (Å²) in [6.45, 7) is 4.61. The van der Waals surface area contributed by atoms with Crippen molar-refractivity contribution in [3.63, 3.8) is 0 Å². The maximum atomic E-state index is 12.9. The predicted octanol–water partition coefficient (Wildman–Crippen LogP) is 5.71. The lowest BCUT2D eigenvalue weighted by atomic mass is 9.74. The number of carbonyl (C=O) groups excluding carboxylic acids is 1. The lowest BCUT2D eigenvalue weighted by Crippen LogP contribution is -2.48. The van der Waals surface area contributed by atoms with E-state index in [4.69, 9.17) is 20.8 Å². The molecule has 172 valence electrons. The summed E-state index contributed by atoms with van der Waals surface area (Å²) in [7, 11) is 1.64. The number of amides is 1. The maximum absolute atomic E-state index is 12.9. The number of hydrogen-bond acceptors (Lipinski definition) is 5. The first-order valence-electron chi connectivity index (χ1n) is 11.4. The van der Waals surface area contributed by atoms with E-state index < -0.39 is 0 Å². The number of fused-ring (bicyclic) bond motifs is 4. The van der Waals surface area contributed by atoms with Crippen molar-refractivity contribution < 1.29 is 13.9 Å². The third kappa shape index (κ3) is 4.04. The van der Waals surface area contributed by atoms with Crippen LogP contribution in [-0.2, 0) is 12.0 Å². The van der Waals surface area contributed by atoms with Crippen molar-refractivity contribution in [2.24, 2.45) is 0 Å². The van der Waals surface area contributed by atoms with Gasteiger partial charge in [0.05, 0.1) is 29.2 Å². The summed E-state index contributed by atoms with van der Waals surface area (Å²) >= 11 is 6.67. The first kappa shape index (κ1) is 21.7. The zero-order valence-electron chi connectivity index (χ0n) is 18.7. The molecule has 3 N–H and O–H groups in total. The molecule has 2 aliphatic rings. The number of ether oxygens (including phenoxy) is 1. The van der Waals surface area contributed by atoms with Gasteiger partial charge in [-0.25, -0.2) is 0 Å². The largest absolute Gasteiger partial charge is 0.497 e. The summed E-state index contributed by atoms with van der Waals surface area (Å²) in [6, 6.07) is 11.5. The van der Waals surface area contributed by atoms with E-state index in [1.807, 2.05) is 30.3 Å². The monoisotopic (exact) mass is 465 g/mol. The number of carbonyl (C=O) groups is 1. The van der Waals surface area contributed by atoms with Gasteiger partial charge in [-0.05, 0) is 49.1 Å². The Balaban J connectivity index is 1.40. The summed E-state index contributed by atoms with van der Waals surface area (Å²) in [5.41, 5.74) is 3.39. The summed E-state index contributed by atoms with van der Waals surface area (Å²) in [6.07, 6.45) is 6.11. The third-order valence-electron chi connectivity index (χ3n) is 6.69. The van der Waals surface area contributed by atoms with Crippen LogP contribution in [0.5, 0.6) is 5.75 Å². The van der Waals surface area contributed by atoms with E-state index >= 15 is 0 Å². The zero-order valence-corrected chi connectivity index (χ0v) is 19.5. The predicted molar refractivity (Wildman–Crippen MR) is 131 cm³/mol. The molecule has 1 saturated carbocycles. The van der Waals surface area contributed by atoms with Crippen LogP contribution >= 0.6 is 11.6 Å². The average Bonchev–Trinajstić information content (AvgIpc) is 3.23. The Labute approximate surface area is 198 Å². The second-order valence-electron chi connectivity index (χ2n) is 8.86. The van der Waals surface area contributed by atoms with Gasteiger partial charge in [-0.1, -0.05) is 49.6 Å². The molecular formula is C26H28ClN3O3. The van der Waals surface area contributed by atoms with Gasteiger partial charge in [0.1, 0.15) is 11.3 Å². The molecule has 1 fully saturated rings. The number of halogens is 1. The fourth-order valence-electron chi connectivity index (χ4n) is 5.10. The summed E-state index contributed by atoms with van der Waals surface area (Å²) < 4.78 is 11.4. The van der Waals surface area contributed by atoms with Gasteiger partial charge in [0.2, 0.25) is 0 Å². The molecule has 33 heavy (non-hydrogen) atoms. The van der Waals surface area contributed by atoms with Crippen LogP contribution in [0.25, 0.3) is 11.0 Å². The Hall–Kier alpha value is -3.12. The molecule has 0 atom stereocenters. The Morgan fingerprint density at radius 2 is 1.97 bits per heavy atom. The number of hydrogen-bond donors (Lipinski definition) is 3. The molecular weight excluding hydrogens is 438 g/mol. The molecule has 0 saturated heterocycles. The van der Waals surface area contributed by atoms with Gasteiger partial charge in [-0.15, -0.1) is 0 Å². The van der Waals surface area contributed by atoms with E-state index in [0.29, 0.717) is 22.9 Å². The minimum absolute atomic E-state index is 0.233. The van der Waals surface area contributed by atoms with Crippen molar-refractivity contribution in [1.82, 2.24) is 10.6 Å². The molecule has 3 aromatic rings. The Morgan fingerprint density at radius 3 is 2.70 bits per heavy atom. The molecule has 6 nitrogen and oxygen atoms in total. The third-order valence-corrected chi connectivity index (χ3v) is 6.99. The minimum Gasteiger partial charge on any atom is -0.497 e. The van der Waals surface area contributed by atoms with Crippen LogP contribution in [0, 0.1) is 0 Å². The molecule has 0 radical (unpaired) electrons. The molecule has 1 aliphatic carbocycles. The topological polar surface area (TPSA) is 75.5 Å². The zero-order chi connectivity index (χ0) is 23.0. The minimum atomic E-state index is -0.279. The van der Waals surface area contributed by atoms with Gasteiger partial charge in [0.25, 0.3) is 5.91 Å². The van der Waals surface area contributed by atoms with Crippen LogP contribution in [0.3, 0.4) is 0 Å². The van der Waals surface area contributed by atoms with Crippen LogP contribution in [0.1, 0.15) is 53.8 Å². The first-order chi connectivity index (χ1) is 16.0. The van der Waals surface area contributed by atoms with Crippen LogP contribution in [0.4, 0.5) is 5.69 Å². The van der Waals surface area contributed by atoms with Gasteiger partial charge < -0.3 is 25.1 Å². The molecule has 0 bridgehead atoms. The van der Waals surface area contributed by atoms with Crippen molar-refractivity contribution in [2.45, 2.75) is 44.1 Å². The van der Waals surface area contributed by atoms with Gasteiger partial charge >= 0.3 is 0 Å². The highest BCUT2D eigenvalue weighted by molar-refractivity contribution is 6.34. The second kappa shape index (κ2) is 8.67. The number of methoxy groups -OCH3 is 1. The Kier molecular flexibility index (Phi) is 5.71. The van der Waals surface area contributed by atoms with Crippen molar-refractivity contribution in [2.75, 3.05) is 19.0 Å². The van der Waals surface area contributed by atoms with Crippen molar-refractivity contribution in [3.8, 4) is 5.75 Å². The van der Waals surface area contributed by atoms with Gasteiger partial charge in [-0.2, -0.15) is 0 Å². The van der Waals surface area contributed by atoms with E-state index in [1.54, 1.807) is 13.2 Å². The van der Waals surface area contributed by atoms with E-state index in [2.05, 4.69) is 22.5 Å². The quantitative estimate of drug-likeness (QED) is 0.449. The summed E-state index contributed by atoms with van der Waals surface area (Å²) in [5, 5.41) is 11.3. The number of nitrogens with one attached hydrogen (secondary N) is 3. The molecule has 5 rings (SSSR count). The maximum Gasteiger partial charge on any atom is 0.287 e. The van der Waals surface area contributed by atoms with E-state index in [9.17, 15) is 4.79 Å². The first-order valence-corrected chi connectivity index (χ1v) is 11.8. The SMILES string of the molecule is C=C1Nc2c(Cl)cc3cc(C(=O)NCCc4ccc(OC)cc4)oc3c2C2(CCCCC2)N1. The molecule has 0 unspecified atom stereocenters. The van der Waals surface area contributed by atoms with Crippen LogP contribution in [0.2, 0.25) is 5.02 Å². The van der Waals surface area contributed by atoms with Gasteiger partial charge in [0, 0.05) is 17.5 Å². The van der Waals surface area contributed by atoms with E-state index in [-0.39, 0.29) is 11.4 Å². The summed E-state index contributed by atoms with van der Waals surface area (Å²) in [4.78, 5) is 12.9. The number of benzene rings is 2. The van der Waals surface area contributed by atoms with Crippen LogP contribution < -0.4 is 20.7 Å². The summed E-state index contributed by atoms with van der Waals surface area (Å²) in [5.74, 6) is 1.62. The Morgan fingerprint density at radius 1 is 1.21 bits per heavy atom. The fraction of sp³-hybridized carbons (Fsp3) is 0.346. The molecule has 7 heteroatoms. The van der Waals surface area contributed by atoms with Crippen molar-refractivity contribution in [3.05, 3.63) is 70.7 Å². The molecule has 1 aliphatic heterocycles.